The van der Waals surface area contributed by atoms with Gasteiger partial charge in [-0.2, -0.15) is 13.2 Å². The minimum absolute atomic E-state index is 0.226. The van der Waals surface area contributed by atoms with E-state index in [9.17, 15) is 27.6 Å². The highest BCUT2D eigenvalue weighted by Crippen LogP contribution is 2.33. The van der Waals surface area contributed by atoms with Gasteiger partial charge in [0.25, 0.3) is 10.9 Å². The number of alkyl halides is 3. The standard InChI is InChI=1S/C22H27F3N6O3/c23-22(24,25)21-28-15(30-8-2-9-30)13-16(29-21)31-10-4-14(5-11-31)3-7-27-18-17(19(33)20(18)34)26-6-1-12-32/h12-14,26-27H,1-11H2. The van der Waals surface area contributed by atoms with Crippen LogP contribution in [-0.4, -0.2) is 55.5 Å². The van der Waals surface area contributed by atoms with E-state index in [-0.39, 0.29) is 17.8 Å². The molecule has 2 aromatic rings. The van der Waals surface area contributed by atoms with Crippen LogP contribution in [0.1, 0.15) is 37.9 Å². The Morgan fingerprint density at radius 3 is 2.00 bits per heavy atom. The van der Waals surface area contributed by atoms with Crippen molar-refractivity contribution in [2.75, 3.05) is 59.7 Å². The number of piperidine rings is 1. The van der Waals surface area contributed by atoms with Crippen molar-refractivity contribution in [3.05, 3.63) is 32.3 Å². The van der Waals surface area contributed by atoms with Gasteiger partial charge in [0.2, 0.25) is 5.82 Å². The number of carbonyl (C=O) groups is 1. The molecule has 2 aliphatic heterocycles. The van der Waals surface area contributed by atoms with Crippen LogP contribution in [0.2, 0.25) is 0 Å². The third-order valence-electron chi connectivity index (χ3n) is 6.40. The van der Waals surface area contributed by atoms with Crippen LogP contribution < -0.4 is 31.3 Å². The average molecular weight is 480 g/mol. The number of hydrogen-bond donors (Lipinski definition) is 2. The van der Waals surface area contributed by atoms with E-state index in [0.29, 0.717) is 56.8 Å². The summed E-state index contributed by atoms with van der Waals surface area (Å²) in [6.07, 6.45) is -0.368. The molecule has 3 heterocycles. The Hall–Kier alpha value is -3.18. The van der Waals surface area contributed by atoms with E-state index in [4.69, 9.17) is 0 Å². The van der Waals surface area contributed by atoms with Gasteiger partial charge in [-0.3, -0.25) is 9.59 Å². The minimum Gasteiger partial charge on any atom is -0.380 e. The third kappa shape index (κ3) is 5.15. The van der Waals surface area contributed by atoms with Crippen molar-refractivity contribution < 1.29 is 18.0 Å². The van der Waals surface area contributed by atoms with Gasteiger partial charge < -0.3 is 25.2 Å². The number of carbonyl (C=O) groups excluding carboxylic acids is 1. The molecule has 1 aromatic heterocycles. The van der Waals surface area contributed by atoms with Gasteiger partial charge in [0.15, 0.2) is 0 Å². The second-order valence-corrected chi connectivity index (χ2v) is 8.68. The van der Waals surface area contributed by atoms with Gasteiger partial charge in [-0.1, -0.05) is 0 Å². The summed E-state index contributed by atoms with van der Waals surface area (Å²) in [5.74, 6) is -0.153. The molecular formula is C22H27F3N6O3. The molecule has 0 spiro atoms. The summed E-state index contributed by atoms with van der Waals surface area (Å²) < 4.78 is 40.0. The molecule has 0 aliphatic carbocycles. The van der Waals surface area contributed by atoms with Crippen LogP contribution in [0.3, 0.4) is 0 Å². The zero-order valence-corrected chi connectivity index (χ0v) is 18.7. The van der Waals surface area contributed by atoms with Crippen molar-refractivity contribution >= 4 is 29.3 Å². The normalized spacial score (nSPS) is 17.0. The largest absolute Gasteiger partial charge is 0.451 e. The van der Waals surface area contributed by atoms with Gasteiger partial charge in [0.05, 0.1) is 0 Å². The first-order valence-electron chi connectivity index (χ1n) is 11.5. The summed E-state index contributed by atoms with van der Waals surface area (Å²) in [4.78, 5) is 45.1. The van der Waals surface area contributed by atoms with Crippen LogP contribution >= 0.6 is 0 Å². The molecule has 4 rings (SSSR count). The Morgan fingerprint density at radius 1 is 0.941 bits per heavy atom. The maximum atomic E-state index is 13.3. The number of hydrogen-bond acceptors (Lipinski definition) is 9. The molecule has 34 heavy (non-hydrogen) atoms. The first-order chi connectivity index (χ1) is 16.3. The van der Waals surface area contributed by atoms with Gasteiger partial charge in [-0.05, 0) is 31.6 Å². The van der Waals surface area contributed by atoms with Gasteiger partial charge in [0, 0.05) is 51.8 Å². The Balaban J connectivity index is 1.30. The van der Waals surface area contributed by atoms with Crippen LogP contribution in [0.4, 0.5) is 36.2 Å². The molecule has 0 unspecified atom stereocenters. The van der Waals surface area contributed by atoms with E-state index in [2.05, 4.69) is 20.6 Å². The molecule has 0 amide bonds. The highest BCUT2D eigenvalue weighted by atomic mass is 19.4. The molecule has 0 atom stereocenters. The second-order valence-electron chi connectivity index (χ2n) is 8.68. The van der Waals surface area contributed by atoms with E-state index in [1.165, 1.54) is 0 Å². The average Bonchev–Trinajstić information content (AvgIpc) is 2.78. The number of rotatable bonds is 10. The van der Waals surface area contributed by atoms with Gasteiger partial charge in [-0.25, -0.2) is 9.97 Å². The Labute approximate surface area is 194 Å². The Bertz CT molecular complexity index is 1090. The maximum absolute atomic E-state index is 13.3. The molecule has 9 nitrogen and oxygen atoms in total. The molecule has 0 saturated carbocycles. The van der Waals surface area contributed by atoms with Crippen LogP contribution in [0.5, 0.6) is 0 Å². The highest BCUT2D eigenvalue weighted by Gasteiger charge is 2.37. The Morgan fingerprint density at radius 2 is 1.50 bits per heavy atom. The van der Waals surface area contributed by atoms with Crippen molar-refractivity contribution in [3.63, 3.8) is 0 Å². The smallest absolute Gasteiger partial charge is 0.380 e. The lowest BCUT2D eigenvalue weighted by Crippen LogP contribution is -2.39. The SMILES string of the molecule is O=CCCNc1c(NCCC2CCN(c3cc(N4CCC4)nc(C(F)(F)F)n3)CC2)c(=O)c1=O. The van der Waals surface area contributed by atoms with E-state index >= 15 is 0 Å². The zero-order valence-electron chi connectivity index (χ0n) is 18.7. The number of anilines is 4. The van der Waals surface area contributed by atoms with Crippen LogP contribution in [0, 0.1) is 5.92 Å². The molecule has 2 saturated heterocycles. The number of nitrogens with zero attached hydrogens (tertiary/aromatic N) is 4. The fourth-order valence-corrected chi connectivity index (χ4v) is 4.26. The van der Waals surface area contributed by atoms with Crippen molar-refractivity contribution in [3.8, 4) is 0 Å². The lowest BCUT2D eigenvalue weighted by atomic mass is 9.93. The van der Waals surface area contributed by atoms with Crippen molar-refractivity contribution in [1.82, 2.24) is 9.97 Å². The first kappa shape index (κ1) is 24.0. The van der Waals surface area contributed by atoms with Gasteiger partial charge >= 0.3 is 6.18 Å². The number of aromatic nitrogens is 2. The minimum atomic E-state index is -4.60. The van der Waals surface area contributed by atoms with Gasteiger partial charge in [0.1, 0.15) is 29.3 Å². The summed E-state index contributed by atoms with van der Waals surface area (Å²) in [5, 5.41) is 5.83. The van der Waals surface area contributed by atoms with E-state index in [1.807, 2.05) is 9.80 Å². The Kier molecular flexibility index (Phi) is 7.03. The van der Waals surface area contributed by atoms with E-state index in [0.717, 1.165) is 32.0 Å². The highest BCUT2D eigenvalue weighted by molar-refractivity contribution is 5.74. The molecule has 2 aliphatic rings. The van der Waals surface area contributed by atoms with Crippen molar-refractivity contribution in [2.45, 2.75) is 38.3 Å². The molecule has 0 radical (unpaired) electrons. The summed E-state index contributed by atoms with van der Waals surface area (Å²) in [5.41, 5.74) is -0.663. The zero-order chi connectivity index (χ0) is 24.3. The molecule has 1 aromatic carbocycles. The molecule has 2 fully saturated rings. The fraction of sp³-hybridized carbons (Fsp3) is 0.591. The first-order valence-corrected chi connectivity index (χ1v) is 11.5. The molecule has 2 N–H and O–H groups in total. The molecule has 184 valence electrons. The number of halogens is 3. The van der Waals surface area contributed by atoms with Gasteiger partial charge in [-0.15, -0.1) is 0 Å². The van der Waals surface area contributed by atoms with E-state index < -0.39 is 22.9 Å². The predicted octanol–water partition coefficient (Wildman–Crippen LogP) is 2.02. The predicted molar refractivity (Wildman–Crippen MR) is 122 cm³/mol. The summed E-state index contributed by atoms with van der Waals surface area (Å²) in [6.45, 7) is 3.35. The monoisotopic (exact) mass is 480 g/mol. The van der Waals surface area contributed by atoms with Crippen LogP contribution in [0.15, 0.2) is 15.7 Å². The van der Waals surface area contributed by atoms with E-state index in [1.54, 1.807) is 6.07 Å². The molecular weight excluding hydrogens is 453 g/mol. The molecule has 12 heteroatoms. The lowest BCUT2D eigenvalue weighted by Gasteiger charge is -2.35. The fourth-order valence-electron chi connectivity index (χ4n) is 4.26. The maximum Gasteiger partial charge on any atom is 0.451 e. The summed E-state index contributed by atoms with van der Waals surface area (Å²) in [6, 6.07) is 1.64. The molecule has 0 bridgehead atoms. The second kappa shape index (κ2) is 9.98. The van der Waals surface area contributed by atoms with Crippen LogP contribution in [-0.2, 0) is 11.0 Å². The third-order valence-corrected chi connectivity index (χ3v) is 6.40. The quantitative estimate of drug-likeness (QED) is 0.300. The topological polar surface area (TPSA) is 108 Å². The number of nitrogens with one attached hydrogen (secondary N) is 2. The number of aldehydes is 1. The van der Waals surface area contributed by atoms with Crippen molar-refractivity contribution in [2.24, 2.45) is 5.92 Å². The lowest BCUT2D eigenvalue weighted by molar-refractivity contribution is -0.144. The van der Waals surface area contributed by atoms with Crippen molar-refractivity contribution in [1.29, 1.82) is 0 Å². The summed E-state index contributed by atoms with van der Waals surface area (Å²) >= 11 is 0. The summed E-state index contributed by atoms with van der Waals surface area (Å²) in [7, 11) is 0. The van der Waals surface area contributed by atoms with Crippen LogP contribution in [0.25, 0.3) is 0 Å².